The highest BCUT2D eigenvalue weighted by molar-refractivity contribution is 5.82. The lowest BCUT2D eigenvalue weighted by atomic mass is 10.0. The van der Waals surface area contributed by atoms with E-state index >= 15 is 0 Å². The van der Waals surface area contributed by atoms with Gasteiger partial charge < -0.3 is 15.0 Å². The Hall–Kier alpha value is -0.610. The Morgan fingerprint density at radius 1 is 1.31 bits per heavy atom. The molecule has 0 saturated carbocycles. The van der Waals surface area contributed by atoms with E-state index in [0.29, 0.717) is 12.0 Å². The van der Waals surface area contributed by atoms with Gasteiger partial charge in [0.15, 0.2) is 0 Å². The highest BCUT2D eigenvalue weighted by Crippen LogP contribution is 2.19. The SMILES string of the molecule is CC1CCNC1C(=O)N(C)C1CCOCC1. The Balaban J connectivity index is 1.92. The molecule has 0 radical (unpaired) electrons. The van der Waals surface area contributed by atoms with E-state index in [0.717, 1.165) is 39.0 Å². The zero-order chi connectivity index (χ0) is 11.5. The van der Waals surface area contributed by atoms with Crippen LogP contribution in [-0.4, -0.2) is 49.7 Å². The van der Waals surface area contributed by atoms with Gasteiger partial charge in [0.2, 0.25) is 5.91 Å². The van der Waals surface area contributed by atoms with Crippen molar-refractivity contribution in [3.63, 3.8) is 0 Å². The molecule has 0 aromatic carbocycles. The predicted octanol–water partition coefficient (Wildman–Crippen LogP) is 0.622. The number of likely N-dealkylation sites (N-methyl/N-ethyl adjacent to an activating group) is 1. The van der Waals surface area contributed by atoms with Gasteiger partial charge in [0.1, 0.15) is 0 Å². The second-order valence-corrected chi connectivity index (χ2v) is 4.99. The van der Waals surface area contributed by atoms with E-state index in [1.165, 1.54) is 0 Å². The Kier molecular flexibility index (Phi) is 3.82. The maximum Gasteiger partial charge on any atom is 0.239 e. The van der Waals surface area contributed by atoms with E-state index in [2.05, 4.69) is 12.2 Å². The number of hydrogen-bond acceptors (Lipinski definition) is 3. The molecule has 16 heavy (non-hydrogen) atoms. The summed E-state index contributed by atoms with van der Waals surface area (Å²) in [4.78, 5) is 14.2. The van der Waals surface area contributed by atoms with E-state index in [1.807, 2.05) is 11.9 Å². The maximum absolute atomic E-state index is 12.3. The number of hydrogen-bond donors (Lipinski definition) is 1. The Bertz CT molecular complexity index is 251. The summed E-state index contributed by atoms with van der Waals surface area (Å²) in [6, 6.07) is 0.406. The molecule has 0 aliphatic carbocycles. The number of carbonyl (C=O) groups is 1. The van der Waals surface area contributed by atoms with Crippen molar-refractivity contribution in [3.05, 3.63) is 0 Å². The molecule has 0 aromatic rings. The summed E-state index contributed by atoms with van der Waals surface area (Å²) in [6.45, 7) is 4.70. The van der Waals surface area contributed by atoms with Gasteiger partial charge in [-0.25, -0.2) is 0 Å². The molecule has 2 heterocycles. The first-order valence-corrected chi connectivity index (χ1v) is 6.28. The van der Waals surface area contributed by atoms with Gasteiger partial charge in [-0.15, -0.1) is 0 Å². The molecule has 2 rings (SSSR count). The number of rotatable bonds is 2. The fourth-order valence-electron chi connectivity index (χ4n) is 2.64. The van der Waals surface area contributed by atoms with Gasteiger partial charge in [-0.1, -0.05) is 6.92 Å². The van der Waals surface area contributed by atoms with E-state index in [9.17, 15) is 4.79 Å². The normalized spacial score (nSPS) is 31.6. The van der Waals surface area contributed by atoms with Crippen molar-refractivity contribution in [2.45, 2.75) is 38.3 Å². The van der Waals surface area contributed by atoms with Gasteiger partial charge in [-0.3, -0.25) is 4.79 Å². The van der Waals surface area contributed by atoms with E-state index in [-0.39, 0.29) is 11.9 Å². The molecule has 0 aromatic heterocycles. The van der Waals surface area contributed by atoms with Crippen LogP contribution in [0.4, 0.5) is 0 Å². The largest absolute Gasteiger partial charge is 0.381 e. The fourth-order valence-corrected chi connectivity index (χ4v) is 2.64. The number of nitrogens with one attached hydrogen (secondary N) is 1. The molecule has 2 unspecified atom stereocenters. The van der Waals surface area contributed by atoms with E-state index < -0.39 is 0 Å². The number of nitrogens with zero attached hydrogens (tertiary/aromatic N) is 1. The first-order valence-electron chi connectivity index (χ1n) is 6.28. The Morgan fingerprint density at radius 3 is 2.56 bits per heavy atom. The van der Waals surface area contributed by atoms with Crippen LogP contribution in [0.25, 0.3) is 0 Å². The molecule has 2 fully saturated rings. The quantitative estimate of drug-likeness (QED) is 0.750. The molecule has 1 N–H and O–H groups in total. The van der Waals surface area contributed by atoms with Gasteiger partial charge in [0, 0.05) is 26.3 Å². The summed E-state index contributed by atoms with van der Waals surface area (Å²) in [5.41, 5.74) is 0. The third kappa shape index (κ3) is 2.38. The molecular formula is C12H22N2O2. The van der Waals surface area contributed by atoms with Crippen LogP contribution in [0.2, 0.25) is 0 Å². The van der Waals surface area contributed by atoms with Crippen molar-refractivity contribution in [2.24, 2.45) is 5.92 Å². The van der Waals surface area contributed by atoms with Crippen LogP contribution in [0.3, 0.4) is 0 Å². The first kappa shape index (κ1) is 11.9. The standard InChI is InChI=1S/C12H22N2O2/c1-9-3-6-13-11(9)12(15)14(2)10-4-7-16-8-5-10/h9-11,13H,3-8H2,1-2H3. The lowest BCUT2D eigenvalue weighted by Crippen LogP contribution is -2.49. The molecule has 2 aliphatic heterocycles. The lowest BCUT2D eigenvalue weighted by Gasteiger charge is -2.33. The highest BCUT2D eigenvalue weighted by Gasteiger charge is 2.33. The molecule has 0 spiro atoms. The molecule has 4 nitrogen and oxygen atoms in total. The molecule has 2 atom stereocenters. The van der Waals surface area contributed by atoms with E-state index in [4.69, 9.17) is 4.74 Å². The number of ether oxygens (including phenoxy) is 1. The zero-order valence-corrected chi connectivity index (χ0v) is 10.2. The van der Waals surface area contributed by atoms with Crippen LogP contribution in [0, 0.1) is 5.92 Å². The average Bonchev–Trinajstić information content (AvgIpc) is 2.75. The van der Waals surface area contributed by atoms with Crippen LogP contribution in [0.5, 0.6) is 0 Å². The minimum absolute atomic E-state index is 0.0350. The zero-order valence-electron chi connectivity index (χ0n) is 10.2. The van der Waals surface area contributed by atoms with Gasteiger partial charge >= 0.3 is 0 Å². The topological polar surface area (TPSA) is 41.6 Å². The Labute approximate surface area is 97.3 Å². The third-order valence-corrected chi connectivity index (χ3v) is 3.89. The third-order valence-electron chi connectivity index (χ3n) is 3.89. The van der Waals surface area contributed by atoms with Crippen molar-refractivity contribution in [2.75, 3.05) is 26.8 Å². The average molecular weight is 226 g/mol. The summed E-state index contributed by atoms with van der Waals surface area (Å²) < 4.78 is 5.32. The fraction of sp³-hybridized carbons (Fsp3) is 0.917. The van der Waals surface area contributed by atoms with Crippen molar-refractivity contribution in [1.29, 1.82) is 0 Å². The molecule has 2 aliphatic rings. The molecule has 0 bridgehead atoms. The van der Waals surface area contributed by atoms with Crippen molar-refractivity contribution in [1.82, 2.24) is 10.2 Å². The lowest BCUT2D eigenvalue weighted by molar-refractivity contribution is -0.136. The van der Waals surface area contributed by atoms with Crippen molar-refractivity contribution >= 4 is 5.91 Å². The molecular weight excluding hydrogens is 204 g/mol. The van der Waals surface area contributed by atoms with Gasteiger partial charge in [0.25, 0.3) is 0 Å². The van der Waals surface area contributed by atoms with Crippen molar-refractivity contribution in [3.8, 4) is 0 Å². The minimum Gasteiger partial charge on any atom is -0.381 e. The van der Waals surface area contributed by atoms with Gasteiger partial charge in [0.05, 0.1) is 6.04 Å². The van der Waals surface area contributed by atoms with Crippen LogP contribution >= 0.6 is 0 Å². The van der Waals surface area contributed by atoms with E-state index in [1.54, 1.807) is 0 Å². The summed E-state index contributed by atoms with van der Waals surface area (Å²) >= 11 is 0. The van der Waals surface area contributed by atoms with Crippen LogP contribution in [0.15, 0.2) is 0 Å². The van der Waals surface area contributed by atoms with Crippen LogP contribution in [-0.2, 0) is 9.53 Å². The molecule has 92 valence electrons. The smallest absolute Gasteiger partial charge is 0.239 e. The number of carbonyl (C=O) groups excluding carboxylic acids is 1. The summed E-state index contributed by atoms with van der Waals surface area (Å²) in [5.74, 6) is 0.728. The monoisotopic (exact) mass is 226 g/mol. The van der Waals surface area contributed by atoms with Crippen LogP contribution < -0.4 is 5.32 Å². The first-order chi connectivity index (χ1) is 7.70. The molecule has 4 heteroatoms. The minimum atomic E-state index is 0.0350. The predicted molar refractivity (Wildman–Crippen MR) is 62.2 cm³/mol. The van der Waals surface area contributed by atoms with Crippen LogP contribution in [0.1, 0.15) is 26.2 Å². The number of amides is 1. The molecule has 1 amide bonds. The Morgan fingerprint density at radius 2 is 2.00 bits per heavy atom. The molecule has 2 saturated heterocycles. The summed E-state index contributed by atoms with van der Waals surface area (Å²) in [7, 11) is 1.94. The highest BCUT2D eigenvalue weighted by atomic mass is 16.5. The maximum atomic E-state index is 12.3. The summed E-state index contributed by atoms with van der Waals surface area (Å²) in [6.07, 6.45) is 3.06. The van der Waals surface area contributed by atoms with Gasteiger partial charge in [-0.05, 0) is 31.7 Å². The van der Waals surface area contributed by atoms with Crippen molar-refractivity contribution < 1.29 is 9.53 Å². The second kappa shape index (κ2) is 5.15. The second-order valence-electron chi connectivity index (χ2n) is 4.99. The van der Waals surface area contributed by atoms with Gasteiger partial charge in [-0.2, -0.15) is 0 Å². The summed E-state index contributed by atoms with van der Waals surface area (Å²) in [5, 5.41) is 3.30.